The van der Waals surface area contributed by atoms with Crippen molar-refractivity contribution in [3.63, 3.8) is 0 Å². The molecule has 0 aliphatic heterocycles. The first kappa shape index (κ1) is 14.1. The lowest BCUT2D eigenvalue weighted by atomic mass is 10.2. The number of pyridine rings is 1. The van der Waals surface area contributed by atoms with Gasteiger partial charge in [0.15, 0.2) is 11.6 Å². The molecular weight excluding hydrogens is 346 g/mol. The highest BCUT2D eigenvalue weighted by Gasteiger charge is 2.12. The van der Waals surface area contributed by atoms with Gasteiger partial charge in [0.1, 0.15) is 17.0 Å². The van der Waals surface area contributed by atoms with Crippen LogP contribution < -0.4 is 4.74 Å². The van der Waals surface area contributed by atoms with Crippen LogP contribution in [0.15, 0.2) is 28.9 Å². The molecule has 0 bridgehead atoms. The Hall–Kier alpha value is -1.27. The fraction of sp³-hybridized carbons (Fsp3) is 0.0833. The topological polar surface area (TPSA) is 22.1 Å². The number of rotatable bonds is 3. The Morgan fingerprint density at radius 2 is 1.84 bits per heavy atom. The first-order chi connectivity index (χ1) is 8.97. The molecule has 0 aliphatic rings. The van der Waals surface area contributed by atoms with Crippen LogP contribution in [0.25, 0.3) is 0 Å². The van der Waals surface area contributed by atoms with E-state index >= 15 is 0 Å². The van der Waals surface area contributed by atoms with Gasteiger partial charge in [0.05, 0.1) is 0 Å². The van der Waals surface area contributed by atoms with Gasteiger partial charge in [-0.2, -0.15) is 0 Å². The summed E-state index contributed by atoms with van der Waals surface area (Å²) in [5.74, 6) is -2.80. The number of halogens is 5. The molecule has 0 fully saturated rings. The molecule has 0 aliphatic carbocycles. The molecule has 2 rings (SSSR count). The van der Waals surface area contributed by atoms with Gasteiger partial charge in [-0.25, -0.2) is 18.2 Å². The van der Waals surface area contributed by atoms with Gasteiger partial charge in [0.2, 0.25) is 0 Å². The minimum Gasteiger partial charge on any atom is -0.471 e. The van der Waals surface area contributed by atoms with Crippen LogP contribution in [0.3, 0.4) is 0 Å². The minimum atomic E-state index is -0.963. The van der Waals surface area contributed by atoms with E-state index in [9.17, 15) is 13.2 Å². The Bertz CT molecular complexity index is 624. The molecule has 0 saturated heterocycles. The van der Waals surface area contributed by atoms with Gasteiger partial charge in [-0.05, 0) is 28.1 Å². The molecule has 100 valence electrons. The van der Waals surface area contributed by atoms with Crippen molar-refractivity contribution < 1.29 is 17.9 Å². The molecule has 0 amide bonds. The molecule has 0 saturated carbocycles. The molecule has 1 heterocycles. The minimum absolute atomic E-state index is 0.180. The van der Waals surface area contributed by atoms with E-state index in [-0.39, 0.29) is 21.8 Å². The van der Waals surface area contributed by atoms with Gasteiger partial charge in [-0.3, -0.25) is 0 Å². The molecule has 2 nitrogen and oxygen atoms in total. The van der Waals surface area contributed by atoms with Crippen molar-refractivity contribution in [2.45, 2.75) is 6.61 Å². The van der Waals surface area contributed by atoms with E-state index in [1.54, 1.807) is 0 Å². The predicted octanol–water partition coefficient (Wildman–Crippen LogP) is 4.49. The third-order valence-electron chi connectivity index (χ3n) is 2.23. The van der Waals surface area contributed by atoms with Gasteiger partial charge in [-0.1, -0.05) is 17.7 Å². The van der Waals surface area contributed by atoms with Crippen LogP contribution in [0.1, 0.15) is 5.56 Å². The van der Waals surface area contributed by atoms with Crippen LogP contribution in [0, 0.1) is 17.5 Å². The lowest BCUT2D eigenvalue weighted by molar-refractivity contribution is 0.270. The smallest absolute Gasteiger partial charge is 0.252 e. The highest BCUT2D eigenvalue weighted by molar-refractivity contribution is 9.10. The monoisotopic (exact) mass is 351 g/mol. The maximum absolute atomic E-state index is 13.4. The van der Waals surface area contributed by atoms with Gasteiger partial charge in [0.25, 0.3) is 5.88 Å². The van der Waals surface area contributed by atoms with E-state index in [0.717, 1.165) is 6.07 Å². The van der Waals surface area contributed by atoms with Gasteiger partial charge >= 0.3 is 0 Å². The van der Waals surface area contributed by atoms with Crippen LogP contribution in [-0.2, 0) is 6.61 Å². The SMILES string of the molecule is Fc1cc(Cl)ccc1COc1nc(Br)c(F)cc1F. The second-order valence-corrected chi connectivity index (χ2v) is 4.76. The average Bonchev–Trinajstić information content (AvgIpc) is 2.34. The van der Waals surface area contributed by atoms with Crippen LogP contribution in [0.4, 0.5) is 13.2 Å². The Morgan fingerprint density at radius 3 is 2.53 bits per heavy atom. The number of ether oxygens (including phenoxy) is 1. The lowest BCUT2D eigenvalue weighted by Crippen LogP contribution is -2.02. The Kier molecular flexibility index (Phi) is 4.31. The summed E-state index contributed by atoms with van der Waals surface area (Å²) in [7, 11) is 0. The number of nitrogens with zero attached hydrogens (tertiary/aromatic N) is 1. The van der Waals surface area contributed by atoms with E-state index in [0.29, 0.717) is 6.07 Å². The summed E-state index contributed by atoms with van der Waals surface area (Å²) in [6.45, 7) is -0.245. The summed E-state index contributed by atoms with van der Waals surface area (Å²) in [5.41, 5.74) is 0.186. The molecule has 0 unspecified atom stereocenters. The number of hydrogen-bond donors (Lipinski definition) is 0. The van der Waals surface area contributed by atoms with E-state index in [1.807, 2.05) is 0 Å². The third kappa shape index (κ3) is 3.39. The zero-order valence-corrected chi connectivity index (χ0v) is 11.6. The average molecular weight is 353 g/mol. The second kappa shape index (κ2) is 5.79. The summed E-state index contributed by atoms with van der Waals surface area (Å²) in [6, 6.07) is 4.64. The summed E-state index contributed by atoms with van der Waals surface area (Å²) >= 11 is 8.40. The molecular formula is C12H6BrClF3NO. The highest BCUT2D eigenvalue weighted by Crippen LogP contribution is 2.22. The van der Waals surface area contributed by atoms with E-state index in [1.165, 1.54) is 12.1 Å². The summed E-state index contributed by atoms with van der Waals surface area (Å²) in [5, 5.41) is 0.245. The number of hydrogen-bond acceptors (Lipinski definition) is 2. The summed E-state index contributed by atoms with van der Waals surface area (Å²) in [6.07, 6.45) is 0. The maximum atomic E-state index is 13.4. The Morgan fingerprint density at radius 1 is 1.11 bits per heavy atom. The zero-order valence-electron chi connectivity index (χ0n) is 9.26. The van der Waals surface area contributed by atoms with E-state index < -0.39 is 23.3 Å². The third-order valence-corrected chi connectivity index (χ3v) is 3.03. The molecule has 19 heavy (non-hydrogen) atoms. The van der Waals surface area contributed by atoms with Crippen LogP contribution in [-0.4, -0.2) is 4.98 Å². The molecule has 1 aromatic heterocycles. The lowest BCUT2D eigenvalue weighted by Gasteiger charge is -2.08. The fourth-order valence-electron chi connectivity index (χ4n) is 1.31. The predicted molar refractivity (Wildman–Crippen MR) is 67.6 cm³/mol. The molecule has 1 aromatic carbocycles. The molecule has 0 N–H and O–H groups in total. The van der Waals surface area contributed by atoms with Crippen molar-refractivity contribution in [1.82, 2.24) is 4.98 Å². The van der Waals surface area contributed by atoms with Gasteiger partial charge < -0.3 is 4.74 Å². The zero-order chi connectivity index (χ0) is 14.0. The maximum Gasteiger partial charge on any atom is 0.252 e. The fourth-order valence-corrected chi connectivity index (χ4v) is 1.75. The standard InChI is InChI=1S/C12H6BrClF3NO/c13-11-9(16)4-10(17)12(18-11)19-5-6-1-2-7(14)3-8(6)15/h1-4H,5H2. The normalized spacial score (nSPS) is 10.6. The summed E-state index contributed by atoms with van der Waals surface area (Å²) in [4.78, 5) is 3.53. The Balaban J connectivity index is 2.16. The van der Waals surface area contributed by atoms with Crippen LogP contribution in [0.5, 0.6) is 5.88 Å². The van der Waals surface area contributed by atoms with Crippen molar-refractivity contribution >= 4 is 27.5 Å². The van der Waals surface area contributed by atoms with Gasteiger partial charge in [0, 0.05) is 16.7 Å². The highest BCUT2D eigenvalue weighted by atomic mass is 79.9. The molecule has 0 spiro atoms. The van der Waals surface area contributed by atoms with Crippen molar-refractivity contribution in [1.29, 1.82) is 0 Å². The van der Waals surface area contributed by atoms with Crippen molar-refractivity contribution in [3.05, 3.63) is 56.9 Å². The Labute approximate surface area is 120 Å². The second-order valence-electron chi connectivity index (χ2n) is 3.57. The number of aromatic nitrogens is 1. The first-order valence-corrected chi connectivity index (χ1v) is 6.22. The van der Waals surface area contributed by atoms with Crippen molar-refractivity contribution in [2.24, 2.45) is 0 Å². The van der Waals surface area contributed by atoms with E-state index in [2.05, 4.69) is 20.9 Å². The number of benzene rings is 1. The molecule has 0 radical (unpaired) electrons. The molecule has 0 atom stereocenters. The largest absolute Gasteiger partial charge is 0.471 e. The van der Waals surface area contributed by atoms with Crippen molar-refractivity contribution in [3.8, 4) is 5.88 Å². The molecule has 7 heteroatoms. The summed E-state index contributed by atoms with van der Waals surface area (Å²) < 4.78 is 44.6. The first-order valence-electron chi connectivity index (χ1n) is 5.05. The quantitative estimate of drug-likeness (QED) is 0.759. The molecule has 2 aromatic rings. The van der Waals surface area contributed by atoms with Crippen molar-refractivity contribution in [2.75, 3.05) is 0 Å². The van der Waals surface area contributed by atoms with Crippen LogP contribution >= 0.6 is 27.5 Å². The van der Waals surface area contributed by atoms with Crippen LogP contribution in [0.2, 0.25) is 5.02 Å². The van der Waals surface area contributed by atoms with Gasteiger partial charge in [-0.15, -0.1) is 0 Å². The van der Waals surface area contributed by atoms with E-state index in [4.69, 9.17) is 16.3 Å².